The summed E-state index contributed by atoms with van der Waals surface area (Å²) in [5.74, 6) is 0.233. The summed E-state index contributed by atoms with van der Waals surface area (Å²) in [7, 11) is 0. The van der Waals surface area contributed by atoms with Gasteiger partial charge >= 0.3 is 0 Å². The number of nitrogen functional groups attached to an aromatic ring is 1. The van der Waals surface area contributed by atoms with E-state index in [1.807, 2.05) is 54.6 Å². The molecule has 6 rings (SSSR count). The molecule has 0 radical (unpaired) electrons. The Balaban J connectivity index is 1.48. The highest BCUT2D eigenvalue weighted by molar-refractivity contribution is 5.98. The normalized spacial score (nSPS) is 17.5. The zero-order chi connectivity index (χ0) is 24.8. The van der Waals surface area contributed by atoms with Crippen LogP contribution in [-0.4, -0.2) is 22.6 Å². The molecule has 2 heterocycles. The van der Waals surface area contributed by atoms with Gasteiger partial charge in [-0.1, -0.05) is 62.1 Å². The number of aliphatic imine (C=N–C) groups is 2. The Morgan fingerprint density at radius 1 is 1.03 bits per heavy atom. The van der Waals surface area contributed by atoms with Gasteiger partial charge in [0.15, 0.2) is 0 Å². The maximum atomic E-state index is 8.58. The fraction of sp³-hybridized carbons (Fsp3) is 0.0667. The first-order valence-electron chi connectivity index (χ1n) is 11.8. The van der Waals surface area contributed by atoms with Gasteiger partial charge in [-0.2, -0.15) is 5.10 Å². The van der Waals surface area contributed by atoms with Gasteiger partial charge in [-0.05, 0) is 51.1 Å². The fourth-order valence-corrected chi connectivity index (χ4v) is 4.89. The van der Waals surface area contributed by atoms with E-state index in [9.17, 15) is 0 Å². The number of aromatic amines is 1. The molecule has 6 nitrogen and oxygen atoms in total. The number of fused-ring (bicyclic) bond motifs is 2. The van der Waals surface area contributed by atoms with E-state index in [2.05, 4.69) is 46.9 Å². The highest BCUT2D eigenvalue weighted by atomic mass is 15.1. The van der Waals surface area contributed by atoms with Crippen LogP contribution in [0.15, 0.2) is 70.3 Å². The molecule has 1 aromatic heterocycles. The molecule has 2 aromatic rings. The first-order chi connectivity index (χ1) is 17.5. The van der Waals surface area contributed by atoms with Crippen LogP contribution >= 0.6 is 0 Å². The van der Waals surface area contributed by atoms with Crippen LogP contribution in [0.3, 0.4) is 0 Å². The number of nitrogens with one attached hydrogen (secondary N) is 2. The van der Waals surface area contributed by atoms with Gasteiger partial charge in [0.1, 0.15) is 17.1 Å². The Kier molecular flexibility index (Phi) is 5.08. The third-order valence-corrected chi connectivity index (χ3v) is 6.69. The third-order valence-electron chi connectivity index (χ3n) is 6.69. The predicted molar refractivity (Wildman–Crippen MR) is 147 cm³/mol. The van der Waals surface area contributed by atoms with Gasteiger partial charge in [0.05, 0.1) is 23.5 Å². The second-order valence-electron chi connectivity index (χ2n) is 9.05. The van der Waals surface area contributed by atoms with Crippen molar-refractivity contribution in [2.75, 3.05) is 5.73 Å². The topological polar surface area (TPSA) is 103 Å². The van der Waals surface area contributed by atoms with Gasteiger partial charge < -0.3 is 11.1 Å². The van der Waals surface area contributed by atoms with Crippen molar-refractivity contribution in [3.63, 3.8) is 0 Å². The molecule has 3 aliphatic carbocycles. The van der Waals surface area contributed by atoms with Crippen LogP contribution in [0, 0.1) is 15.8 Å². The smallest absolute Gasteiger partial charge is 0.117 e. The van der Waals surface area contributed by atoms with Crippen LogP contribution in [-0.2, 0) is 0 Å². The van der Waals surface area contributed by atoms with E-state index < -0.39 is 0 Å². The molecule has 0 bridgehead atoms. The third kappa shape index (κ3) is 3.60. The molecule has 1 aromatic carbocycles. The lowest BCUT2D eigenvalue weighted by atomic mass is 9.98. The summed E-state index contributed by atoms with van der Waals surface area (Å²) < 4.78 is 0. The van der Waals surface area contributed by atoms with Crippen LogP contribution < -0.4 is 21.5 Å². The zero-order valence-electron chi connectivity index (χ0n) is 19.8. The van der Waals surface area contributed by atoms with Gasteiger partial charge in [0, 0.05) is 22.4 Å². The Morgan fingerprint density at radius 3 is 2.78 bits per heavy atom. The summed E-state index contributed by atoms with van der Waals surface area (Å²) in [5.41, 5.74) is 12.9. The van der Waals surface area contributed by atoms with E-state index in [4.69, 9.17) is 16.1 Å². The van der Waals surface area contributed by atoms with Crippen LogP contribution in [0.4, 0.5) is 11.4 Å². The highest BCUT2D eigenvalue weighted by Gasteiger charge is 2.17. The van der Waals surface area contributed by atoms with Crippen LogP contribution in [0.25, 0.3) is 24.8 Å². The highest BCUT2D eigenvalue weighted by Crippen LogP contribution is 2.32. The average Bonchev–Trinajstić information content (AvgIpc) is 3.41. The number of anilines is 1. The molecular formula is C30H24N6. The molecule has 1 atom stereocenters. The van der Waals surface area contributed by atoms with Crippen molar-refractivity contribution in [3.8, 4) is 0 Å². The van der Waals surface area contributed by atoms with Crippen molar-refractivity contribution in [3.05, 3.63) is 115 Å². The molecule has 36 heavy (non-hydrogen) atoms. The SMILES string of the molecule is C=c1ccc2cccc(N)/c(=C/c3n[nH]c4c3N=C/C(=C\c3c5c(cccc3=N)C=C[C@@H]5C)N=C4)c1=2. The lowest BCUT2D eigenvalue weighted by Gasteiger charge is -2.06. The molecule has 1 aliphatic heterocycles. The number of nitrogens with zero attached hydrogens (tertiary/aromatic N) is 3. The summed E-state index contributed by atoms with van der Waals surface area (Å²) in [6.07, 6.45) is 11.6. The largest absolute Gasteiger partial charge is 0.398 e. The monoisotopic (exact) mass is 468 g/mol. The number of allylic oxidation sites excluding steroid dienone is 2. The molecule has 0 saturated carbocycles. The number of hydrogen-bond acceptors (Lipinski definition) is 5. The predicted octanol–water partition coefficient (Wildman–Crippen LogP) is 3.74. The van der Waals surface area contributed by atoms with Crippen LogP contribution in [0.2, 0.25) is 0 Å². The number of H-pyrrole nitrogens is 1. The van der Waals surface area contributed by atoms with E-state index in [0.717, 1.165) is 37.6 Å². The maximum Gasteiger partial charge on any atom is 0.117 e. The van der Waals surface area contributed by atoms with Crippen molar-refractivity contribution >= 4 is 48.6 Å². The first-order valence-corrected chi connectivity index (χ1v) is 11.8. The molecular weight excluding hydrogens is 444 g/mol. The Morgan fingerprint density at radius 2 is 1.89 bits per heavy atom. The minimum Gasteiger partial charge on any atom is -0.398 e. The van der Waals surface area contributed by atoms with Crippen molar-refractivity contribution in [2.24, 2.45) is 9.98 Å². The summed E-state index contributed by atoms with van der Waals surface area (Å²) in [4.78, 5) is 9.38. The number of rotatable bonds is 2. The zero-order valence-corrected chi connectivity index (χ0v) is 19.8. The molecule has 0 amide bonds. The lowest BCUT2D eigenvalue weighted by Crippen LogP contribution is -2.15. The molecule has 0 fully saturated rings. The number of hydrogen-bond donors (Lipinski definition) is 3. The van der Waals surface area contributed by atoms with E-state index in [-0.39, 0.29) is 5.92 Å². The first kappa shape index (κ1) is 21.7. The minimum atomic E-state index is 0.233. The van der Waals surface area contributed by atoms with E-state index >= 15 is 0 Å². The fourth-order valence-electron chi connectivity index (χ4n) is 4.89. The van der Waals surface area contributed by atoms with Crippen LogP contribution in [0.1, 0.15) is 40.9 Å². The van der Waals surface area contributed by atoms with Crippen molar-refractivity contribution in [1.82, 2.24) is 10.2 Å². The molecule has 0 unspecified atom stereocenters. The van der Waals surface area contributed by atoms with Crippen molar-refractivity contribution in [1.29, 1.82) is 5.41 Å². The van der Waals surface area contributed by atoms with Crippen molar-refractivity contribution < 1.29 is 0 Å². The quantitative estimate of drug-likeness (QED) is 0.417. The van der Waals surface area contributed by atoms with Crippen molar-refractivity contribution in [2.45, 2.75) is 12.8 Å². The standard InChI is InChI=1S/C30H24N6/c1-17-9-11-19-5-3-7-24(31)22(28(17)19)13-21-15-34-30-26(35-36-27(30)16-33-21)14-23-25(32)8-4-6-20-12-10-18(2)29(20)23/h3-17,31H,2,32H2,1H3,(H,35,36)/b21-13+,23-14-,31-24?/t17-/m0/s1. The van der Waals surface area contributed by atoms with Gasteiger partial charge in [0.2, 0.25) is 0 Å². The maximum absolute atomic E-state index is 8.58. The summed E-state index contributed by atoms with van der Waals surface area (Å²) in [6, 6.07) is 15.7. The summed E-state index contributed by atoms with van der Waals surface area (Å²) >= 11 is 0. The summed E-state index contributed by atoms with van der Waals surface area (Å²) in [6.45, 7) is 6.32. The lowest BCUT2D eigenvalue weighted by molar-refractivity contribution is 0.982. The van der Waals surface area contributed by atoms with Gasteiger partial charge in [-0.15, -0.1) is 0 Å². The van der Waals surface area contributed by atoms with Gasteiger partial charge in [0.25, 0.3) is 0 Å². The molecule has 174 valence electrons. The molecule has 0 spiro atoms. The van der Waals surface area contributed by atoms with Crippen LogP contribution in [0.5, 0.6) is 0 Å². The number of nitrogens with two attached hydrogens (primary N) is 1. The van der Waals surface area contributed by atoms with E-state index in [1.165, 1.54) is 0 Å². The molecule has 4 N–H and O–H groups in total. The van der Waals surface area contributed by atoms with Gasteiger partial charge in [-0.3, -0.25) is 10.1 Å². The second-order valence-corrected chi connectivity index (χ2v) is 9.05. The Labute approximate surface area is 207 Å². The van der Waals surface area contributed by atoms with E-state index in [0.29, 0.717) is 33.8 Å². The van der Waals surface area contributed by atoms with E-state index in [1.54, 1.807) is 12.4 Å². The molecule has 6 heteroatoms. The molecule has 0 saturated heterocycles. The summed E-state index contributed by atoms with van der Waals surface area (Å²) in [5, 5.41) is 20.4. The Hall–Kier alpha value is -4.84. The van der Waals surface area contributed by atoms with Gasteiger partial charge in [-0.25, -0.2) is 4.99 Å². The Bertz CT molecular complexity index is 1910. The molecule has 4 aliphatic rings. The minimum absolute atomic E-state index is 0.233. The second kappa shape index (κ2) is 8.43. The average molecular weight is 469 g/mol. The number of aromatic nitrogens is 2.